The van der Waals surface area contributed by atoms with Crippen LogP contribution >= 0.6 is 0 Å². The molecule has 142 valence electrons. The number of imidazole rings is 1. The molecule has 28 heavy (non-hydrogen) atoms. The molecule has 1 N–H and O–H groups in total. The Morgan fingerprint density at radius 2 is 2.07 bits per heavy atom. The van der Waals surface area contributed by atoms with Gasteiger partial charge in [0, 0.05) is 23.9 Å². The third-order valence-electron chi connectivity index (χ3n) is 4.55. The molecule has 0 aliphatic rings. The molecule has 6 nitrogen and oxygen atoms in total. The van der Waals surface area contributed by atoms with Crippen LogP contribution < -0.4 is 5.32 Å². The SMILES string of the molecule is CCCn1c(-c2cccc(C(=O)NCc3ccc(C)o3)c2)nc2cccnc21. The molecule has 0 unspecified atom stereocenters. The number of benzene rings is 1. The van der Waals surface area contributed by atoms with E-state index >= 15 is 0 Å². The third kappa shape index (κ3) is 3.53. The number of aromatic nitrogens is 3. The average molecular weight is 374 g/mol. The summed E-state index contributed by atoms with van der Waals surface area (Å²) in [7, 11) is 0. The minimum atomic E-state index is -0.146. The summed E-state index contributed by atoms with van der Waals surface area (Å²) in [6.07, 6.45) is 2.75. The molecule has 0 spiro atoms. The van der Waals surface area contributed by atoms with Crippen molar-refractivity contribution in [3.05, 3.63) is 71.8 Å². The maximum absolute atomic E-state index is 12.6. The van der Waals surface area contributed by atoms with Crippen molar-refractivity contribution < 1.29 is 9.21 Å². The van der Waals surface area contributed by atoms with Gasteiger partial charge in [0.05, 0.1) is 6.54 Å². The summed E-state index contributed by atoms with van der Waals surface area (Å²) in [5, 5.41) is 2.90. The molecule has 0 saturated heterocycles. The van der Waals surface area contributed by atoms with E-state index in [0.717, 1.165) is 47.0 Å². The van der Waals surface area contributed by atoms with Crippen LogP contribution in [-0.2, 0) is 13.1 Å². The fraction of sp³-hybridized carbons (Fsp3) is 0.227. The van der Waals surface area contributed by atoms with E-state index < -0.39 is 0 Å². The average Bonchev–Trinajstić information content (AvgIpc) is 3.30. The maximum Gasteiger partial charge on any atom is 0.251 e. The van der Waals surface area contributed by atoms with Gasteiger partial charge in [0.2, 0.25) is 0 Å². The molecule has 0 radical (unpaired) electrons. The van der Waals surface area contributed by atoms with Gasteiger partial charge in [-0.25, -0.2) is 9.97 Å². The van der Waals surface area contributed by atoms with Crippen molar-refractivity contribution in [2.75, 3.05) is 0 Å². The molecule has 1 aromatic carbocycles. The number of aryl methyl sites for hydroxylation is 2. The van der Waals surface area contributed by atoms with Crippen molar-refractivity contribution in [3.8, 4) is 11.4 Å². The van der Waals surface area contributed by atoms with Crippen molar-refractivity contribution in [1.82, 2.24) is 19.9 Å². The Morgan fingerprint density at radius 1 is 1.18 bits per heavy atom. The van der Waals surface area contributed by atoms with Crippen LogP contribution in [0.25, 0.3) is 22.6 Å². The number of furan rings is 1. The number of nitrogens with zero attached hydrogens (tertiary/aromatic N) is 3. The van der Waals surface area contributed by atoms with Gasteiger partial charge in [-0.15, -0.1) is 0 Å². The zero-order valence-electron chi connectivity index (χ0n) is 16.0. The summed E-state index contributed by atoms with van der Waals surface area (Å²) >= 11 is 0. The molecule has 0 bridgehead atoms. The van der Waals surface area contributed by atoms with Crippen molar-refractivity contribution >= 4 is 17.1 Å². The number of pyridine rings is 1. The number of amides is 1. The van der Waals surface area contributed by atoms with Crippen LogP contribution in [0.5, 0.6) is 0 Å². The Labute approximate surface area is 163 Å². The molecule has 0 aliphatic carbocycles. The number of nitrogens with one attached hydrogen (secondary N) is 1. The summed E-state index contributed by atoms with van der Waals surface area (Å²) in [6, 6.07) is 15.1. The summed E-state index contributed by atoms with van der Waals surface area (Å²) in [5.74, 6) is 2.24. The van der Waals surface area contributed by atoms with E-state index in [-0.39, 0.29) is 5.91 Å². The molecule has 0 atom stereocenters. The van der Waals surface area contributed by atoms with E-state index in [2.05, 4.69) is 21.8 Å². The molecular weight excluding hydrogens is 352 g/mol. The number of rotatable bonds is 6. The predicted octanol–water partition coefficient (Wildman–Crippen LogP) is 4.34. The van der Waals surface area contributed by atoms with Crippen LogP contribution in [0.2, 0.25) is 0 Å². The Kier molecular flexibility index (Phi) is 4.93. The maximum atomic E-state index is 12.6. The first kappa shape index (κ1) is 18.0. The van der Waals surface area contributed by atoms with E-state index in [9.17, 15) is 4.79 Å². The van der Waals surface area contributed by atoms with E-state index in [1.807, 2.05) is 49.4 Å². The lowest BCUT2D eigenvalue weighted by molar-refractivity contribution is 0.0948. The van der Waals surface area contributed by atoms with Crippen LogP contribution in [-0.4, -0.2) is 20.4 Å². The zero-order valence-corrected chi connectivity index (χ0v) is 16.0. The highest BCUT2D eigenvalue weighted by molar-refractivity contribution is 5.95. The number of hydrogen-bond donors (Lipinski definition) is 1. The topological polar surface area (TPSA) is 73.0 Å². The second-order valence-electron chi connectivity index (χ2n) is 6.71. The predicted molar refractivity (Wildman–Crippen MR) is 108 cm³/mol. The van der Waals surface area contributed by atoms with E-state index in [0.29, 0.717) is 12.1 Å². The fourth-order valence-corrected chi connectivity index (χ4v) is 3.26. The highest BCUT2D eigenvalue weighted by Gasteiger charge is 2.15. The second-order valence-corrected chi connectivity index (χ2v) is 6.71. The summed E-state index contributed by atoms with van der Waals surface area (Å²) in [4.78, 5) is 21.8. The second kappa shape index (κ2) is 7.68. The highest BCUT2D eigenvalue weighted by atomic mass is 16.3. The number of carbonyl (C=O) groups is 1. The van der Waals surface area contributed by atoms with Gasteiger partial charge in [-0.1, -0.05) is 19.1 Å². The van der Waals surface area contributed by atoms with Gasteiger partial charge in [-0.2, -0.15) is 0 Å². The molecule has 0 saturated carbocycles. The lowest BCUT2D eigenvalue weighted by Crippen LogP contribution is -2.22. The Bertz CT molecular complexity index is 1130. The lowest BCUT2D eigenvalue weighted by atomic mass is 10.1. The first-order valence-electron chi connectivity index (χ1n) is 9.41. The minimum Gasteiger partial charge on any atom is -0.465 e. The molecule has 3 heterocycles. The molecule has 6 heteroatoms. The fourth-order valence-electron chi connectivity index (χ4n) is 3.26. The largest absolute Gasteiger partial charge is 0.465 e. The van der Waals surface area contributed by atoms with Gasteiger partial charge in [0.25, 0.3) is 5.91 Å². The van der Waals surface area contributed by atoms with Crippen molar-refractivity contribution in [2.45, 2.75) is 33.4 Å². The van der Waals surface area contributed by atoms with Crippen LogP contribution in [0, 0.1) is 6.92 Å². The summed E-state index contributed by atoms with van der Waals surface area (Å²) in [5.41, 5.74) is 3.20. The van der Waals surface area contributed by atoms with Gasteiger partial charge >= 0.3 is 0 Å². The first-order chi connectivity index (χ1) is 13.7. The summed E-state index contributed by atoms with van der Waals surface area (Å²) < 4.78 is 7.61. The zero-order chi connectivity index (χ0) is 19.5. The lowest BCUT2D eigenvalue weighted by Gasteiger charge is -2.09. The van der Waals surface area contributed by atoms with Crippen LogP contribution in [0.3, 0.4) is 0 Å². The van der Waals surface area contributed by atoms with Gasteiger partial charge in [-0.05, 0) is 49.7 Å². The molecule has 3 aromatic heterocycles. The van der Waals surface area contributed by atoms with Crippen molar-refractivity contribution in [2.24, 2.45) is 0 Å². The monoisotopic (exact) mass is 374 g/mol. The molecular formula is C22H22N4O2. The molecule has 0 aliphatic heterocycles. The Morgan fingerprint density at radius 3 is 2.86 bits per heavy atom. The third-order valence-corrected chi connectivity index (χ3v) is 4.55. The molecule has 1 amide bonds. The minimum absolute atomic E-state index is 0.146. The Hall–Kier alpha value is -3.41. The van der Waals surface area contributed by atoms with E-state index in [1.165, 1.54) is 0 Å². The quantitative estimate of drug-likeness (QED) is 0.545. The highest BCUT2D eigenvalue weighted by Crippen LogP contribution is 2.25. The van der Waals surface area contributed by atoms with Crippen molar-refractivity contribution in [3.63, 3.8) is 0 Å². The first-order valence-corrected chi connectivity index (χ1v) is 9.41. The van der Waals surface area contributed by atoms with Crippen LogP contribution in [0.1, 0.15) is 35.2 Å². The summed E-state index contributed by atoms with van der Waals surface area (Å²) in [6.45, 7) is 5.18. The van der Waals surface area contributed by atoms with Gasteiger partial charge < -0.3 is 14.3 Å². The number of hydrogen-bond acceptors (Lipinski definition) is 4. The van der Waals surface area contributed by atoms with Gasteiger partial charge in [-0.3, -0.25) is 4.79 Å². The van der Waals surface area contributed by atoms with Crippen molar-refractivity contribution in [1.29, 1.82) is 0 Å². The normalized spacial score (nSPS) is 11.1. The standard InChI is InChI=1S/C22H22N4O2/c1-3-12-26-20(25-19-8-5-11-23-21(19)26)16-6-4-7-17(13-16)22(27)24-14-18-10-9-15(2)28-18/h4-11,13H,3,12,14H2,1-2H3,(H,24,27). The molecule has 4 aromatic rings. The van der Waals surface area contributed by atoms with Crippen LogP contribution in [0.15, 0.2) is 59.1 Å². The number of fused-ring (bicyclic) bond motifs is 1. The van der Waals surface area contributed by atoms with Gasteiger partial charge in [0.15, 0.2) is 5.65 Å². The smallest absolute Gasteiger partial charge is 0.251 e. The van der Waals surface area contributed by atoms with Gasteiger partial charge in [0.1, 0.15) is 22.9 Å². The molecule has 4 rings (SSSR count). The van der Waals surface area contributed by atoms with Crippen LogP contribution in [0.4, 0.5) is 0 Å². The van der Waals surface area contributed by atoms with E-state index in [1.54, 1.807) is 12.3 Å². The van der Waals surface area contributed by atoms with E-state index in [4.69, 9.17) is 9.40 Å². The number of carbonyl (C=O) groups excluding carboxylic acids is 1. The Balaban J connectivity index is 1.62. The molecule has 0 fully saturated rings.